The van der Waals surface area contributed by atoms with Gasteiger partial charge in [0.1, 0.15) is 0 Å². The van der Waals surface area contributed by atoms with Gasteiger partial charge in [-0.05, 0) is 57.3 Å². The van der Waals surface area contributed by atoms with E-state index in [0.29, 0.717) is 30.0 Å². The van der Waals surface area contributed by atoms with E-state index in [1.54, 1.807) is 0 Å². The van der Waals surface area contributed by atoms with Gasteiger partial charge in [-0.25, -0.2) is 4.79 Å². The second kappa shape index (κ2) is 8.80. The van der Waals surface area contributed by atoms with Crippen molar-refractivity contribution in [2.75, 3.05) is 13.1 Å². The van der Waals surface area contributed by atoms with Crippen molar-refractivity contribution in [3.8, 4) is 0 Å². The Morgan fingerprint density at radius 2 is 1.41 bits per heavy atom. The van der Waals surface area contributed by atoms with Crippen LogP contribution < -0.4 is 16.0 Å². The zero-order valence-electron chi connectivity index (χ0n) is 16.5. The van der Waals surface area contributed by atoms with Crippen molar-refractivity contribution in [2.45, 2.75) is 101 Å². The Balaban J connectivity index is 1.15. The van der Waals surface area contributed by atoms with Crippen LogP contribution in [0.5, 0.6) is 0 Å². The molecule has 3 amide bonds. The van der Waals surface area contributed by atoms with Crippen LogP contribution in [0.1, 0.15) is 77.0 Å². The average molecular weight is 377 g/mol. The van der Waals surface area contributed by atoms with Crippen LogP contribution in [0.2, 0.25) is 0 Å². The zero-order chi connectivity index (χ0) is 18.6. The van der Waals surface area contributed by atoms with Crippen molar-refractivity contribution in [2.24, 2.45) is 5.92 Å². The van der Waals surface area contributed by atoms with Gasteiger partial charge in [-0.2, -0.15) is 0 Å². The molecule has 0 aromatic rings. The second-order valence-corrected chi connectivity index (χ2v) is 9.29. The number of nitrogens with zero attached hydrogens (tertiary/aromatic N) is 1. The summed E-state index contributed by atoms with van der Waals surface area (Å²) in [4.78, 5) is 26.9. The first-order valence-corrected chi connectivity index (χ1v) is 11.3. The molecule has 3 heterocycles. The fourth-order valence-electron chi connectivity index (χ4n) is 5.65. The summed E-state index contributed by atoms with van der Waals surface area (Å²) in [6, 6.07) is 1.84. The zero-order valence-corrected chi connectivity index (χ0v) is 16.5. The van der Waals surface area contributed by atoms with Crippen LogP contribution in [0, 0.1) is 5.92 Å². The van der Waals surface area contributed by atoms with E-state index in [2.05, 4.69) is 16.0 Å². The smallest absolute Gasteiger partial charge is 0.315 e. The van der Waals surface area contributed by atoms with Gasteiger partial charge < -0.3 is 20.9 Å². The number of rotatable bonds is 4. The quantitative estimate of drug-likeness (QED) is 0.706. The number of carbonyl (C=O) groups excluding carboxylic acids is 2. The van der Waals surface area contributed by atoms with E-state index in [-0.39, 0.29) is 12.1 Å². The van der Waals surface area contributed by atoms with E-state index >= 15 is 0 Å². The molecule has 27 heavy (non-hydrogen) atoms. The SMILES string of the molecule is O=C(NC1CCCCC1)NC1CCN(C(=O)CC2CC3CCC(C2)N3)CC1. The summed E-state index contributed by atoms with van der Waals surface area (Å²) in [7, 11) is 0. The van der Waals surface area contributed by atoms with E-state index in [0.717, 1.165) is 45.2 Å². The highest BCUT2D eigenvalue weighted by Crippen LogP contribution is 2.33. The maximum atomic E-state index is 12.7. The third-order valence-corrected chi connectivity index (χ3v) is 7.16. The normalized spacial score (nSPS) is 32.3. The lowest BCUT2D eigenvalue weighted by molar-refractivity contribution is -0.133. The van der Waals surface area contributed by atoms with E-state index < -0.39 is 0 Å². The van der Waals surface area contributed by atoms with Crippen LogP contribution in [-0.2, 0) is 4.79 Å². The number of piperidine rings is 2. The van der Waals surface area contributed by atoms with E-state index in [1.165, 1.54) is 44.9 Å². The third kappa shape index (κ3) is 5.15. The van der Waals surface area contributed by atoms with Crippen molar-refractivity contribution >= 4 is 11.9 Å². The van der Waals surface area contributed by atoms with Crippen LogP contribution in [0.25, 0.3) is 0 Å². The first-order chi connectivity index (χ1) is 13.2. The van der Waals surface area contributed by atoms with Gasteiger partial charge in [-0.3, -0.25) is 4.79 Å². The number of amides is 3. The Morgan fingerprint density at radius 1 is 0.815 bits per heavy atom. The molecule has 0 aromatic carbocycles. The summed E-state index contributed by atoms with van der Waals surface area (Å²) in [6.07, 6.45) is 13.3. The molecule has 6 nitrogen and oxygen atoms in total. The van der Waals surface area contributed by atoms with Crippen LogP contribution >= 0.6 is 0 Å². The molecule has 6 heteroatoms. The number of fused-ring (bicyclic) bond motifs is 2. The minimum Gasteiger partial charge on any atom is -0.343 e. The summed E-state index contributed by atoms with van der Waals surface area (Å²) in [5, 5.41) is 9.92. The summed E-state index contributed by atoms with van der Waals surface area (Å²) < 4.78 is 0. The molecular weight excluding hydrogens is 340 g/mol. The Hall–Kier alpha value is -1.30. The van der Waals surface area contributed by atoms with Gasteiger partial charge in [0.2, 0.25) is 5.91 Å². The molecule has 0 spiro atoms. The molecule has 4 rings (SSSR count). The van der Waals surface area contributed by atoms with Crippen LogP contribution in [0.4, 0.5) is 4.79 Å². The average Bonchev–Trinajstić information content (AvgIpc) is 3.01. The van der Waals surface area contributed by atoms with Gasteiger partial charge in [-0.1, -0.05) is 19.3 Å². The largest absolute Gasteiger partial charge is 0.343 e. The van der Waals surface area contributed by atoms with Crippen molar-refractivity contribution in [1.29, 1.82) is 0 Å². The predicted octanol–water partition coefficient (Wildman–Crippen LogP) is 2.53. The lowest BCUT2D eigenvalue weighted by Gasteiger charge is -2.35. The van der Waals surface area contributed by atoms with Crippen LogP contribution in [0.15, 0.2) is 0 Å². The highest BCUT2D eigenvalue weighted by Gasteiger charge is 2.35. The standard InChI is InChI=1S/C21H36N4O2/c26-20(14-15-12-18-6-7-19(13-15)22-18)25-10-8-17(9-11-25)24-21(27)23-16-4-2-1-3-5-16/h15-19,22H,1-14H2,(H2,23,24,27). The van der Waals surface area contributed by atoms with Gasteiger partial charge in [0, 0.05) is 43.7 Å². The summed E-state index contributed by atoms with van der Waals surface area (Å²) in [5.74, 6) is 0.889. The molecule has 3 aliphatic heterocycles. The van der Waals surface area contributed by atoms with Crippen molar-refractivity contribution < 1.29 is 9.59 Å². The van der Waals surface area contributed by atoms with Gasteiger partial charge in [0.25, 0.3) is 0 Å². The molecule has 2 atom stereocenters. The molecule has 3 N–H and O–H groups in total. The maximum Gasteiger partial charge on any atom is 0.315 e. The number of nitrogens with one attached hydrogen (secondary N) is 3. The number of urea groups is 1. The summed E-state index contributed by atoms with van der Waals surface area (Å²) in [5.41, 5.74) is 0. The van der Waals surface area contributed by atoms with Crippen molar-refractivity contribution in [3.05, 3.63) is 0 Å². The van der Waals surface area contributed by atoms with Gasteiger partial charge in [0.15, 0.2) is 0 Å². The van der Waals surface area contributed by atoms with Crippen molar-refractivity contribution in [1.82, 2.24) is 20.9 Å². The predicted molar refractivity (Wildman–Crippen MR) is 105 cm³/mol. The Kier molecular flexibility index (Phi) is 6.21. The molecule has 1 aliphatic carbocycles. The topological polar surface area (TPSA) is 73.5 Å². The van der Waals surface area contributed by atoms with Gasteiger partial charge in [-0.15, -0.1) is 0 Å². The monoisotopic (exact) mass is 376 g/mol. The first kappa shape index (κ1) is 19.0. The molecule has 4 aliphatic rings. The fraction of sp³-hybridized carbons (Fsp3) is 0.905. The molecule has 3 saturated heterocycles. The number of hydrogen-bond acceptors (Lipinski definition) is 3. The van der Waals surface area contributed by atoms with E-state index in [9.17, 15) is 9.59 Å². The van der Waals surface area contributed by atoms with Crippen molar-refractivity contribution in [3.63, 3.8) is 0 Å². The number of likely N-dealkylation sites (tertiary alicyclic amines) is 1. The molecule has 2 bridgehead atoms. The summed E-state index contributed by atoms with van der Waals surface area (Å²) >= 11 is 0. The lowest BCUT2D eigenvalue weighted by Crippen LogP contribution is -2.51. The molecule has 2 unspecified atom stereocenters. The minimum absolute atomic E-state index is 0.0168. The van der Waals surface area contributed by atoms with Crippen LogP contribution in [0.3, 0.4) is 0 Å². The number of carbonyl (C=O) groups is 2. The molecule has 0 aromatic heterocycles. The van der Waals surface area contributed by atoms with E-state index in [4.69, 9.17) is 0 Å². The highest BCUT2D eigenvalue weighted by molar-refractivity contribution is 5.77. The van der Waals surface area contributed by atoms with Gasteiger partial charge >= 0.3 is 6.03 Å². The lowest BCUT2D eigenvalue weighted by atomic mass is 9.89. The molecule has 4 fully saturated rings. The third-order valence-electron chi connectivity index (χ3n) is 7.16. The summed E-state index contributed by atoms with van der Waals surface area (Å²) in [6.45, 7) is 1.57. The van der Waals surface area contributed by atoms with Gasteiger partial charge in [0.05, 0.1) is 0 Å². The molecule has 1 saturated carbocycles. The molecule has 152 valence electrons. The Morgan fingerprint density at radius 3 is 2.04 bits per heavy atom. The van der Waals surface area contributed by atoms with Crippen LogP contribution in [-0.4, -0.2) is 54.1 Å². The fourth-order valence-corrected chi connectivity index (χ4v) is 5.65. The Labute approximate surface area is 163 Å². The first-order valence-electron chi connectivity index (χ1n) is 11.3. The maximum absolute atomic E-state index is 12.7. The number of hydrogen-bond donors (Lipinski definition) is 3. The molecular formula is C21H36N4O2. The Bertz CT molecular complexity index is 514. The highest BCUT2D eigenvalue weighted by atomic mass is 16.2. The van der Waals surface area contributed by atoms with E-state index in [1.807, 2.05) is 4.90 Å². The minimum atomic E-state index is -0.0168. The molecule has 0 radical (unpaired) electrons. The second-order valence-electron chi connectivity index (χ2n) is 9.29.